The molecule has 148 valence electrons. The van der Waals surface area contributed by atoms with Gasteiger partial charge in [0.2, 0.25) is 5.91 Å². The third-order valence-electron chi connectivity index (χ3n) is 3.98. The van der Waals surface area contributed by atoms with Crippen molar-refractivity contribution >= 4 is 17.5 Å². The van der Waals surface area contributed by atoms with E-state index in [1.807, 2.05) is 30.3 Å². The second kappa shape index (κ2) is 9.45. The minimum absolute atomic E-state index is 0.0726. The summed E-state index contributed by atoms with van der Waals surface area (Å²) in [5.41, 5.74) is 1.50. The van der Waals surface area contributed by atoms with Crippen LogP contribution in [0.15, 0.2) is 72.8 Å². The van der Waals surface area contributed by atoms with Crippen molar-refractivity contribution in [2.45, 2.75) is 6.61 Å². The molecular formula is C22H18F2N2O3. The molecule has 0 aliphatic carbocycles. The number of hydrogen-bond donors (Lipinski definition) is 2. The summed E-state index contributed by atoms with van der Waals surface area (Å²) in [5.74, 6) is -2.66. The number of rotatable bonds is 7. The fourth-order valence-corrected chi connectivity index (χ4v) is 2.48. The lowest BCUT2D eigenvalue weighted by Gasteiger charge is -2.09. The molecule has 2 N–H and O–H groups in total. The maximum Gasteiger partial charge on any atom is 0.251 e. The van der Waals surface area contributed by atoms with Crippen molar-refractivity contribution < 1.29 is 23.1 Å². The Hall–Kier alpha value is -3.74. The summed E-state index contributed by atoms with van der Waals surface area (Å²) in [6.07, 6.45) is 0. The standard InChI is InChI=1S/C22H18F2N2O3/c23-19-11-6-16(12-20(19)24)22(28)25-13-21(27)26-17-7-9-18(10-8-17)29-14-15-4-2-1-3-5-15/h1-12H,13-14H2,(H,25,28)(H,26,27). The van der Waals surface area contributed by atoms with E-state index >= 15 is 0 Å². The van der Waals surface area contributed by atoms with Gasteiger partial charge in [0, 0.05) is 11.3 Å². The second-order valence-corrected chi connectivity index (χ2v) is 6.16. The predicted octanol–water partition coefficient (Wildman–Crippen LogP) is 3.91. The Morgan fingerprint density at radius 1 is 0.862 bits per heavy atom. The summed E-state index contributed by atoms with van der Waals surface area (Å²) in [5, 5.41) is 4.98. The van der Waals surface area contributed by atoms with Crippen molar-refractivity contribution in [1.29, 1.82) is 0 Å². The summed E-state index contributed by atoms with van der Waals surface area (Å²) in [4.78, 5) is 23.9. The van der Waals surface area contributed by atoms with E-state index in [-0.39, 0.29) is 12.1 Å². The Balaban J connectivity index is 1.46. The van der Waals surface area contributed by atoms with Gasteiger partial charge in [-0.2, -0.15) is 0 Å². The Morgan fingerprint density at radius 2 is 1.59 bits per heavy atom. The van der Waals surface area contributed by atoms with Crippen LogP contribution in [0.3, 0.4) is 0 Å². The Labute approximate surface area is 166 Å². The number of amides is 2. The molecule has 5 nitrogen and oxygen atoms in total. The van der Waals surface area contributed by atoms with Crippen molar-refractivity contribution in [3.05, 3.63) is 95.6 Å². The van der Waals surface area contributed by atoms with Gasteiger partial charge in [-0.25, -0.2) is 8.78 Å². The highest BCUT2D eigenvalue weighted by Gasteiger charge is 2.11. The van der Waals surface area contributed by atoms with Crippen LogP contribution in [0.25, 0.3) is 0 Å². The number of hydrogen-bond acceptors (Lipinski definition) is 3. The van der Waals surface area contributed by atoms with E-state index < -0.39 is 23.4 Å². The first-order valence-electron chi connectivity index (χ1n) is 8.81. The first kappa shape index (κ1) is 20.0. The summed E-state index contributed by atoms with van der Waals surface area (Å²) >= 11 is 0. The smallest absolute Gasteiger partial charge is 0.251 e. The molecule has 29 heavy (non-hydrogen) atoms. The second-order valence-electron chi connectivity index (χ2n) is 6.16. The van der Waals surface area contributed by atoms with Gasteiger partial charge in [0.15, 0.2) is 11.6 Å². The van der Waals surface area contributed by atoms with Gasteiger partial charge in [0.25, 0.3) is 5.91 Å². The molecule has 0 radical (unpaired) electrons. The van der Waals surface area contributed by atoms with Gasteiger partial charge in [-0.15, -0.1) is 0 Å². The lowest BCUT2D eigenvalue weighted by Crippen LogP contribution is -2.32. The van der Waals surface area contributed by atoms with Gasteiger partial charge in [0.1, 0.15) is 12.4 Å². The third-order valence-corrected chi connectivity index (χ3v) is 3.98. The van der Waals surface area contributed by atoms with Crippen molar-refractivity contribution in [3.8, 4) is 5.75 Å². The lowest BCUT2D eigenvalue weighted by molar-refractivity contribution is -0.115. The van der Waals surface area contributed by atoms with Crippen LogP contribution in [-0.4, -0.2) is 18.4 Å². The number of anilines is 1. The van der Waals surface area contributed by atoms with E-state index in [1.54, 1.807) is 24.3 Å². The minimum Gasteiger partial charge on any atom is -0.489 e. The Kier molecular flexibility index (Phi) is 6.52. The molecule has 3 aromatic rings. The quantitative estimate of drug-likeness (QED) is 0.636. The molecule has 3 aromatic carbocycles. The SMILES string of the molecule is O=C(CNC(=O)c1ccc(F)c(F)c1)Nc1ccc(OCc2ccccc2)cc1. The largest absolute Gasteiger partial charge is 0.489 e. The molecule has 7 heteroatoms. The van der Waals surface area contributed by atoms with Gasteiger partial charge in [-0.05, 0) is 48.0 Å². The van der Waals surface area contributed by atoms with Gasteiger partial charge >= 0.3 is 0 Å². The molecule has 0 spiro atoms. The molecular weight excluding hydrogens is 378 g/mol. The molecule has 0 saturated heterocycles. The number of nitrogens with one attached hydrogen (secondary N) is 2. The fourth-order valence-electron chi connectivity index (χ4n) is 2.48. The van der Waals surface area contributed by atoms with Crippen LogP contribution in [0.1, 0.15) is 15.9 Å². The summed E-state index contributed by atoms with van der Waals surface area (Å²) < 4.78 is 31.7. The van der Waals surface area contributed by atoms with Crippen molar-refractivity contribution in [2.24, 2.45) is 0 Å². The van der Waals surface area contributed by atoms with E-state index in [2.05, 4.69) is 10.6 Å². The molecule has 0 unspecified atom stereocenters. The Morgan fingerprint density at radius 3 is 2.28 bits per heavy atom. The predicted molar refractivity (Wildman–Crippen MR) is 105 cm³/mol. The molecule has 0 aliphatic heterocycles. The van der Waals surface area contributed by atoms with E-state index in [9.17, 15) is 18.4 Å². The molecule has 0 bridgehead atoms. The Bertz CT molecular complexity index is 993. The van der Waals surface area contributed by atoms with Gasteiger partial charge in [-0.1, -0.05) is 30.3 Å². The third kappa shape index (κ3) is 5.87. The van der Waals surface area contributed by atoms with Crippen LogP contribution in [-0.2, 0) is 11.4 Å². The maximum absolute atomic E-state index is 13.2. The van der Waals surface area contributed by atoms with Gasteiger partial charge in [0.05, 0.1) is 6.54 Å². The summed E-state index contributed by atoms with van der Waals surface area (Å²) in [7, 11) is 0. The van der Waals surface area contributed by atoms with Crippen LogP contribution in [0.5, 0.6) is 5.75 Å². The van der Waals surface area contributed by atoms with E-state index in [4.69, 9.17) is 4.74 Å². The van der Waals surface area contributed by atoms with Gasteiger partial charge < -0.3 is 15.4 Å². The van der Waals surface area contributed by atoms with Crippen molar-refractivity contribution in [1.82, 2.24) is 5.32 Å². The normalized spacial score (nSPS) is 10.3. The average Bonchev–Trinajstić information content (AvgIpc) is 2.74. The van der Waals surface area contributed by atoms with Crippen LogP contribution in [0.4, 0.5) is 14.5 Å². The molecule has 0 aliphatic rings. The molecule has 0 saturated carbocycles. The zero-order valence-corrected chi connectivity index (χ0v) is 15.3. The van der Waals surface area contributed by atoms with Crippen molar-refractivity contribution in [3.63, 3.8) is 0 Å². The van der Waals surface area contributed by atoms with Crippen molar-refractivity contribution in [2.75, 3.05) is 11.9 Å². The number of halogens is 2. The molecule has 2 amide bonds. The highest BCUT2D eigenvalue weighted by molar-refractivity contribution is 5.99. The molecule has 0 heterocycles. The zero-order chi connectivity index (χ0) is 20.6. The number of carbonyl (C=O) groups excluding carboxylic acids is 2. The topological polar surface area (TPSA) is 67.4 Å². The summed E-state index contributed by atoms with van der Waals surface area (Å²) in [6, 6.07) is 19.3. The molecule has 0 atom stereocenters. The minimum atomic E-state index is -1.13. The monoisotopic (exact) mass is 396 g/mol. The van der Waals surface area contributed by atoms with E-state index in [0.717, 1.165) is 23.8 Å². The van der Waals surface area contributed by atoms with Crippen LogP contribution in [0.2, 0.25) is 0 Å². The van der Waals surface area contributed by atoms with Crippen LogP contribution < -0.4 is 15.4 Å². The van der Waals surface area contributed by atoms with E-state index in [0.29, 0.717) is 18.0 Å². The maximum atomic E-state index is 13.2. The number of ether oxygens (including phenoxy) is 1. The first-order chi connectivity index (χ1) is 14.0. The van der Waals surface area contributed by atoms with Crippen LogP contribution >= 0.6 is 0 Å². The first-order valence-corrected chi connectivity index (χ1v) is 8.81. The number of benzene rings is 3. The van der Waals surface area contributed by atoms with E-state index in [1.165, 1.54) is 0 Å². The average molecular weight is 396 g/mol. The summed E-state index contributed by atoms with van der Waals surface area (Å²) in [6.45, 7) is 0.118. The van der Waals surface area contributed by atoms with Gasteiger partial charge in [-0.3, -0.25) is 9.59 Å². The molecule has 0 aromatic heterocycles. The zero-order valence-electron chi connectivity index (χ0n) is 15.3. The molecule has 0 fully saturated rings. The molecule has 3 rings (SSSR count). The fraction of sp³-hybridized carbons (Fsp3) is 0.0909. The number of carbonyl (C=O) groups is 2. The lowest BCUT2D eigenvalue weighted by atomic mass is 10.2. The van der Waals surface area contributed by atoms with Crippen LogP contribution in [0, 0.1) is 11.6 Å². The highest BCUT2D eigenvalue weighted by Crippen LogP contribution is 2.17. The highest BCUT2D eigenvalue weighted by atomic mass is 19.2.